The van der Waals surface area contributed by atoms with Crippen LogP contribution in [0, 0.1) is 0 Å². The molecule has 3 aromatic rings. The Bertz CT molecular complexity index is 851. The van der Waals surface area contributed by atoms with Gasteiger partial charge in [-0.15, -0.1) is 0 Å². The minimum atomic E-state index is -1.08. The molecule has 19 heavy (non-hydrogen) atoms. The Hall–Kier alpha value is -2.56. The van der Waals surface area contributed by atoms with Gasteiger partial charge in [-0.3, -0.25) is 9.59 Å². The lowest BCUT2D eigenvalue weighted by Crippen LogP contribution is -2.23. The molecule has 1 aromatic heterocycles. The standard InChI is InChI=1S/C14H8BO4/c16-12-8-4-1-2-7-11(8)19-13-9(12)5-3-6-10(13)15-14(17)18/h1-7H,(H,17,18). The summed E-state index contributed by atoms with van der Waals surface area (Å²) in [5.41, 5.74) is 0.977. The van der Waals surface area contributed by atoms with E-state index < -0.39 is 5.87 Å². The van der Waals surface area contributed by atoms with Crippen LogP contribution >= 0.6 is 0 Å². The Morgan fingerprint density at radius 3 is 2.58 bits per heavy atom. The van der Waals surface area contributed by atoms with Crippen LogP contribution in [0.1, 0.15) is 0 Å². The highest BCUT2D eigenvalue weighted by atomic mass is 16.4. The summed E-state index contributed by atoms with van der Waals surface area (Å²) in [4.78, 5) is 23.1. The maximum Gasteiger partial charge on any atom is 0.303 e. The third-order valence-corrected chi connectivity index (χ3v) is 2.91. The highest BCUT2D eigenvalue weighted by molar-refractivity contribution is 6.83. The maximum absolute atomic E-state index is 12.3. The molecule has 0 fully saturated rings. The molecule has 0 unspecified atom stereocenters. The van der Waals surface area contributed by atoms with Crippen molar-refractivity contribution in [2.75, 3.05) is 0 Å². The number of carboxylic acid groups (broad SMARTS) is 1. The SMILES string of the molecule is O=C(O)[B]c1cccc2c(=O)c3ccccc3oc12. The quantitative estimate of drug-likeness (QED) is 0.558. The predicted octanol–water partition coefficient (Wildman–Crippen LogP) is 1.95. The third-order valence-electron chi connectivity index (χ3n) is 2.91. The van der Waals surface area contributed by atoms with Crippen LogP contribution < -0.4 is 10.9 Å². The highest BCUT2D eigenvalue weighted by Gasteiger charge is 2.13. The predicted molar refractivity (Wildman–Crippen MR) is 73.4 cm³/mol. The number of fused-ring (bicyclic) bond motifs is 2. The van der Waals surface area contributed by atoms with Crippen LogP contribution in [0.3, 0.4) is 0 Å². The van der Waals surface area contributed by atoms with Crippen LogP contribution in [0.25, 0.3) is 21.9 Å². The van der Waals surface area contributed by atoms with Gasteiger partial charge in [0.25, 0.3) is 0 Å². The molecule has 0 bridgehead atoms. The van der Waals surface area contributed by atoms with Crippen molar-refractivity contribution >= 4 is 40.5 Å². The second kappa shape index (κ2) is 4.28. The van der Waals surface area contributed by atoms with Crippen LogP contribution in [-0.4, -0.2) is 18.3 Å². The molecule has 0 atom stereocenters. The normalized spacial score (nSPS) is 10.7. The largest absolute Gasteiger partial charge is 0.489 e. The zero-order valence-corrected chi connectivity index (χ0v) is 9.79. The van der Waals surface area contributed by atoms with Crippen molar-refractivity contribution in [1.29, 1.82) is 0 Å². The van der Waals surface area contributed by atoms with E-state index in [1.165, 1.54) is 0 Å². The van der Waals surface area contributed by atoms with Gasteiger partial charge in [-0.2, -0.15) is 0 Å². The summed E-state index contributed by atoms with van der Waals surface area (Å²) >= 11 is 0. The third kappa shape index (κ3) is 1.89. The van der Waals surface area contributed by atoms with E-state index in [-0.39, 0.29) is 5.43 Å². The minimum absolute atomic E-state index is 0.155. The van der Waals surface area contributed by atoms with Crippen LogP contribution in [-0.2, 0) is 0 Å². The van der Waals surface area contributed by atoms with E-state index in [0.717, 1.165) is 7.28 Å². The second-order valence-corrected chi connectivity index (χ2v) is 4.13. The number of hydrogen-bond acceptors (Lipinski definition) is 3. The molecule has 3 rings (SSSR count). The van der Waals surface area contributed by atoms with E-state index in [1.54, 1.807) is 42.5 Å². The molecule has 0 saturated heterocycles. The van der Waals surface area contributed by atoms with Crippen molar-refractivity contribution in [2.45, 2.75) is 0 Å². The van der Waals surface area contributed by atoms with Crippen molar-refractivity contribution in [1.82, 2.24) is 0 Å². The molecule has 0 aliphatic heterocycles. The number of rotatable bonds is 2. The Labute approximate surface area is 108 Å². The lowest BCUT2D eigenvalue weighted by Gasteiger charge is -2.04. The van der Waals surface area contributed by atoms with Crippen molar-refractivity contribution in [3.05, 3.63) is 52.7 Å². The van der Waals surface area contributed by atoms with Gasteiger partial charge in [0.15, 0.2) is 5.43 Å². The highest BCUT2D eigenvalue weighted by Crippen LogP contribution is 2.16. The van der Waals surface area contributed by atoms with Crippen molar-refractivity contribution in [3.8, 4) is 0 Å². The molecule has 2 aromatic carbocycles. The Balaban J connectivity index is 2.44. The Morgan fingerprint density at radius 2 is 1.79 bits per heavy atom. The molecule has 1 N–H and O–H groups in total. The first kappa shape index (κ1) is 11.5. The van der Waals surface area contributed by atoms with Gasteiger partial charge >= 0.3 is 7.28 Å². The fraction of sp³-hybridized carbons (Fsp3) is 0. The van der Waals surface area contributed by atoms with Crippen LogP contribution in [0.2, 0.25) is 0 Å². The van der Waals surface area contributed by atoms with Crippen molar-refractivity contribution in [2.24, 2.45) is 0 Å². The van der Waals surface area contributed by atoms with E-state index in [1.807, 2.05) is 0 Å². The Morgan fingerprint density at radius 1 is 1.05 bits per heavy atom. The minimum Gasteiger partial charge on any atom is -0.489 e. The van der Waals surface area contributed by atoms with Crippen molar-refractivity contribution < 1.29 is 14.3 Å². The molecule has 91 valence electrons. The molecule has 1 heterocycles. The fourth-order valence-electron chi connectivity index (χ4n) is 2.09. The summed E-state index contributed by atoms with van der Waals surface area (Å²) in [5.74, 6) is -1.08. The molecule has 5 heteroatoms. The first-order chi connectivity index (χ1) is 9.16. The van der Waals surface area contributed by atoms with Gasteiger partial charge in [-0.25, -0.2) is 0 Å². The monoisotopic (exact) mass is 251 g/mol. The first-order valence-corrected chi connectivity index (χ1v) is 5.69. The van der Waals surface area contributed by atoms with Crippen LogP contribution in [0.4, 0.5) is 4.79 Å². The summed E-state index contributed by atoms with van der Waals surface area (Å²) in [6.07, 6.45) is 0. The van der Waals surface area contributed by atoms with E-state index >= 15 is 0 Å². The molecule has 0 aliphatic rings. The van der Waals surface area contributed by atoms with Gasteiger partial charge in [-0.1, -0.05) is 24.3 Å². The average molecular weight is 251 g/mol. The molecule has 4 nitrogen and oxygen atoms in total. The molecule has 1 radical (unpaired) electrons. The summed E-state index contributed by atoms with van der Waals surface area (Å²) in [6, 6.07) is 11.8. The fourth-order valence-corrected chi connectivity index (χ4v) is 2.09. The Kier molecular flexibility index (Phi) is 2.60. The number of carbonyl (C=O) groups is 1. The van der Waals surface area contributed by atoms with Gasteiger partial charge in [0, 0.05) is 0 Å². The maximum atomic E-state index is 12.3. The first-order valence-electron chi connectivity index (χ1n) is 5.69. The lowest BCUT2D eigenvalue weighted by molar-refractivity contribution is 0.220. The zero-order chi connectivity index (χ0) is 13.4. The van der Waals surface area contributed by atoms with E-state index in [0.29, 0.717) is 27.4 Å². The van der Waals surface area contributed by atoms with Crippen LogP contribution in [0.5, 0.6) is 0 Å². The molecular formula is C14H8BO4. The molecule has 0 spiro atoms. The average Bonchev–Trinajstić information content (AvgIpc) is 2.40. The van der Waals surface area contributed by atoms with E-state index in [9.17, 15) is 9.59 Å². The summed E-state index contributed by atoms with van der Waals surface area (Å²) in [6.45, 7) is 0. The van der Waals surface area contributed by atoms with Gasteiger partial charge < -0.3 is 9.52 Å². The van der Waals surface area contributed by atoms with Gasteiger partial charge in [-0.05, 0) is 23.7 Å². The van der Waals surface area contributed by atoms with Gasteiger partial charge in [0.1, 0.15) is 11.2 Å². The summed E-state index contributed by atoms with van der Waals surface area (Å²) in [5, 5.41) is 9.71. The number of hydrogen-bond donors (Lipinski definition) is 1. The van der Waals surface area contributed by atoms with E-state index in [4.69, 9.17) is 9.52 Å². The smallest absolute Gasteiger partial charge is 0.303 e. The number of para-hydroxylation sites is 2. The molecular weight excluding hydrogens is 243 g/mol. The number of benzene rings is 2. The van der Waals surface area contributed by atoms with Crippen molar-refractivity contribution in [3.63, 3.8) is 0 Å². The molecule has 0 amide bonds. The lowest BCUT2D eigenvalue weighted by atomic mass is 9.70. The van der Waals surface area contributed by atoms with Gasteiger partial charge in [0.2, 0.25) is 5.87 Å². The molecule has 0 saturated carbocycles. The summed E-state index contributed by atoms with van der Waals surface area (Å²) < 4.78 is 5.66. The molecule has 0 aliphatic carbocycles. The van der Waals surface area contributed by atoms with Gasteiger partial charge in [0.05, 0.1) is 10.8 Å². The van der Waals surface area contributed by atoms with Crippen LogP contribution in [0.15, 0.2) is 51.7 Å². The zero-order valence-electron chi connectivity index (χ0n) is 9.79. The second-order valence-electron chi connectivity index (χ2n) is 4.13. The van der Waals surface area contributed by atoms with E-state index in [2.05, 4.69) is 0 Å². The topological polar surface area (TPSA) is 67.5 Å². The summed E-state index contributed by atoms with van der Waals surface area (Å²) in [7, 11) is 1.03.